The van der Waals surface area contributed by atoms with Crippen molar-refractivity contribution in [3.05, 3.63) is 66.6 Å². The summed E-state index contributed by atoms with van der Waals surface area (Å²) in [5, 5.41) is 7.85. The maximum absolute atomic E-state index is 13.6. The summed E-state index contributed by atoms with van der Waals surface area (Å²) in [5.74, 6) is 0.857. The van der Waals surface area contributed by atoms with Gasteiger partial charge in [-0.15, -0.1) is 0 Å². The van der Waals surface area contributed by atoms with Crippen LogP contribution in [-0.2, 0) is 4.79 Å². The summed E-state index contributed by atoms with van der Waals surface area (Å²) in [4.78, 5) is 28.3. The molecule has 2 amide bonds. The monoisotopic (exact) mass is 459 g/mol. The second-order valence-corrected chi connectivity index (χ2v) is 9.48. The zero-order valence-corrected chi connectivity index (χ0v) is 19.6. The van der Waals surface area contributed by atoms with Crippen molar-refractivity contribution in [1.29, 1.82) is 0 Å². The summed E-state index contributed by atoms with van der Waals surface area (Å²) in [5.41, 5.74) is 1.47. The van der Waals surface area contributed by atoms with E-state index in [2.05, 4.69) is 10.4 Å². The highest BCUT2D eigenvalue weighted by Crippen LogP contribution is 2.25. The van der Waals surface area contributed by atoms with Crippen LogP contribution in [0.2, 0.25) is 0 Å². The molecule has 1 N–H and O–H groups in total. The number of likely N-dealkylation sites (tertiary alicyclic amines) is 1. The summed E-state index contributed by atoms with van der Waals surface area (Å²) in [6.45, 7) is 1.17. The molecule has 0 bridgehead atoms. The fourth-order valence-corrected chi connectivity index (χ4v) is 5.23. The fourth-order valence-electron chi connectivity index (χ4n) is 5.23. The molecular formula is C27H33N5O2. The van der Waals surface area contributed by atoms with E-state index in [0.29, 0.717) is 37.5 Å². The van der Waals surface area contributed by atoms with Crippen LogP contribution in [0, 0.1) is 5.92 Å². The molecule has 7 nitrogen and oxygen atoms in total. The lowest BCUT2D eigenvalue weighted by molar-refractivity contribution is -0.127. The molecule has 178 valence electrons. The van der Waals surface area contributed by atoms with Crippen LogP contribution in [0.5, 0.6) is 0 Å². The molecule has 2 aromatic heterocycles. The van der Waals surface area contributed by atoms with Gasteiger partial charge in [-0.25, -0.2) is 4.68 Å². The molecule has 1 aromatic carbocycles. The van der Waals surface area contributed by atoms with E-state index >= 15 is 0 Å². The molecule has 2 aliphatic rings. The quantitative estimate of drug-likeness (QED) is 0.577. The normalized spacial score (nSPS) is 17.9. The Hall–Kier alpha value is -3.35. The van der Waals surface area contributed by atoms with Crippen LogP contribution in [0.3, 0.4) is 0 Å². The first-order valence-corrected chi connectivity index (χ1v) is 12.6. The topological polar surface area (TPSA) is 72.2 Å². The molecule has 1 saturated heterocycles. The van der Waals surface area contributed by atoms with Gasteiger partial charge in [0.05, 0.1) is 11.9 Å². The molecule has 3 heterocycles. The Balaban J connectivity index is 1.28. The lowest BCUT2D eigenvalue weighted by Gasteiger charge is -2.32. The maximum Gasteiger partial charge on any atom is 0.259 e. The van der Waals surface area contributed by atoms with E-state index in [1.54, 1.807) is 10.9 Å². The number of rotatable bonds is 5. The summed E-state index contributed by atoms with van der Waals surface area (Å²) in [7, 11) is 0. The first-order chi connectivity index (χ1) is 16.7. The molecule has 0 atom stereocenters. The van der Waals surface area contributed by atoms with Gasteiger partial charge in [-0.05, 0) is 49.9 Å². The third kappa shape index (κ3) is 4.79. The molecule has 0 unspecified atom stereocenters. The molecule has 1 saturated carbocycles. The van der Waals surface area contributed by atoms with Gasteiger partial charge in [0.25, 0.3) is 5.91 Å². The smallest absolute Gasteiger partial charge is 0.259 e. The first kappa shape index (κ1) is 22.4. The molecule has 2 fully saturated rings. The van der Waals surface area contributed by atoms with Crippen LogP contribution in [0.1, 0.15) is 61.7 Å². The second-order valence-electron chi connectivity index (χ2n) is 9.48. The molecule has 7 heteroatoms. The van der Waals surface area contributed by atoms with Crippen molar-refractivity contribution in [3.8, 4) is 11.5 Å². The van der Waals surface area contributed by atoms with Crippen molar-refractivity contribution in [1.82, 2.24) is 24.6 Å². The molecular weight excluding hydrogens is 426 g/mol. The van der Waals surface area contributed by atoms with E-state index in [4.69, 9.17) is 0 Å². The van der Waals surface area contributed by atoms with E-state index in [1.807, 2.05) is 64.3 Å². The van der Waals surface area contributed by atoms with Gasteiger partial charge < -0.3 is 14.8 Å². The standard InChI is InChI=1S/C27H33N5O2/c33-25(29-22-10-4-1-2-5-11-22)21-14-18-31(19-15-21)27(34)24-20-28-32(23-12-6-3-7-13-23)26(24)30-16-8-9-17-30/h3,6-9,12-13,16-17,20-22H,1-2,4-5,10-11,14-15,18-19H2,(H,29,33). The van der Waals surface area contributed by atoms with Crippen molar-refractivity contribution < 1.29 is 9.59 Å². The Bertz CT molecular complexity index is 1090. The van der Waals surface area contributed by atoms with Crippen LogP contribution < -0.4 is 5.32 Å². The fraction of sp³-hybridized carbons (Fsp3) is 0.444. The zero-order valence-electron chi connectivity index (χ0n) is 19.6. The zero-order chi connectivity index (χ0) is 23.3. The number of hydrogen-bond donors (Lipinski definition) is 1. The number of benzene rings is 1. The lowest BCUT2D eigenvalue weighted by atomic mass is 9.94. The van der Waals surface area contributed by atoms with Crippen LogP contribution in [-0.4, -0.2) is 50.2 Å². The Labute approximate surface area is 200 Å². The van der Waals surface area contributed by atoms with Gasteiger partial charge in [-0.3, -0.25) is 9.59 Å². The molecule has 34 heavy (non-hydrogen) atoms. The van der Waals surface area contributed by atoms with Crippen LogP contribution >= 0.6 is 0 Å². The maximum atomic E-state index is 13.6. The van der Waals surface area contributed by atoms with Crippen LogP contribution in [0.15, 0.2) is 61.1 Å². The van der Waals surface area contributed by atoms with Crippen molar-refractivity contribution in [2.45, 2.75) is 57.4 Å². The number of nitrogens with zero attached hydrogens (tertiary/aromatic N) is 4. The SMILES string of the molecule is O=C(NC1CCCCCC1)C1CCN(C(=O)c2cnn(-c3ccccc3)c2-n2cccc2)CC1. The summed E-state index contributed by atoms with van der Waals surface area (Å²) in [6.07, 6.45) is 14.1. The third-order valence-corrected chi connectivity index (χ3v) is 7.18. The van der Waals surface area contributed by atoms with Gasteiger partial charge in [0.15, 0.2) is 5.82 Å². The number of para-hydroxylation sites is 1. The van der Waals surface area contributed by atoms with Gasteiger partial charge >= 0.3 is 0 Å². The number of amides is 2. The van der Waals surface area contributed by atoms with E-state index in [0.717, 1.165) is 24.3 Å². The molecule has 1 aliphatic heterocycles. The minimum atomic E-state index is -0.0338. The molecule has 3 aromatic rings. The van der Waals surface area contributed by atoms with E-state index < -0.39 is 0 Å². The molecule has 1 aliphatic carbocycles. The largest absolute Gasteiger partial charge is 0.353 e. The minimum Gasteiger partial charge on any atom is -0.353 e. The number of carbonyl (C=O) groups excluding carboxylic acids is 2. The van der Waals surface area contributed by atoms with Crippen molar-refractivity contribution in [3.63, 3.8) is 0 Å². The third-order valence-electron chi connectivity index (χ3n) is 7.18. The highest BCUT2D eigenvalue weighted by atomic mass is 16.2. The summed E-state index contributed by atoms with van der Waals surface area (Å²) in [6, 6.07) is 14.0. The average molecular weight is 460 g/mol. The van der Waals surface area contributed by atoms with Gasteiger partial charge in [0.1, 0.15) is 5.56 Å². The predicted octanol–water partition coefficient (Wildman–Crippen LogP) is 4.35. The van der Waals surface area contributed by atoms with E-state index in [1.165, 1.54) is 25.7 Å². The van der Waals surface area contributed by atoms with Crippen molar-refractivity contribution >= 4 is 11.8 Å². The van der Waals surface area contributed by atoms with E-state index in [9.17, 15) is 9.59 Å². The highest BCUT2D eigenvalue weighted by molar-refractivity contribution is 5.97. The van der Waals surface area contributed by atoms with E-state index in [-0.39, 0.29) is 17.7 Å². The second kappa shape index (κ2) is 10.3. The van der Waals surface area contributed by atoms with Gasteiger partial charge in [0, 0.05) is 37.4 Å². The van der Waals surface area contributed by atoms with Gasteiger partial charge in [-0.1, -0.05) is 43.9 Å². The van der Waals surface area contributed by atoms with Gasteiger partial charge in [0.2, 0.25) is 5.91 Å². The number of aromatic nitrogens is 3. The summed E-state index contributed by atoms with van der Waals surface area (Å²) >= 11 is 0. The van der Waals surface area contributed by atoms with Crippen LogP contribution in [0.25, 0.3) is 11.5 Å². The van der Waals surface area contributed by atoms with Crippen molar-refractivity contribution in [2.24, 2.45) is 5.92 Å². The highest BCUT2D eigenvalue weighted by Gasteiger charge is 2.31. The molecule has 0 radical (unpaired) electrons. The Morgan fingerprint density at radius 2 is 1.53 bits per heavy atom. The Morgan fingerprint density at radius 1 is 0.853 bits per heavy atom. The Morgan fingerprint density at radius 3 is 2.21 bits per heavy atom. The van der Waals surface area contributed by atoms with Gasteiger partial charge in [-0.2, -0.15) is 5.10 Å². The number of hydrogen-bond acceptors (Lipinski definition) is 3. The average Bonchev–Trinajstić information content (AvgIpc) is 3.49. The molecule has 0 spiro atoms. The lowest BCUT2D eigenvalue weighted by Crippen LogP contribution is -2.45. The van der Waals surface area contributed by atoms with Crippen molar-refractivity contribution in [2.75, 3.05) is 13.1 Å². The Kier molecular flexibility index (Phi) is 6.79. The molecule has 5 rings (SSSR count). The number of nitrogens with one attached hydrogen (secondary N) is 1. The first-order valence-electron chi connectivity index (χ1n) is 12.6. The van der Waals surface area contributed by atoms with Crippen LogP contribution in [0.4, 0.5) is 0 Å². The summed E-state index contributed by atoms with van der Waals surface area (Å²) < 4.78 is 3.74. The number of carbonyl (C=O) groups is 2. The minimum absolute atomic E-state index is 0.0109. The number of piperidine rings is 1. The predicted molar refractivity (Wildman–Crippen MR) is 131 cm³/mol.